The Kier molecular flexibility index (Phi) is 37.4. The number of ether oxygens (including phenoxy) is 6. The van der Waals surface area contributed by atoms with Crippen LogP contribution in [0.5, 0.6) is 0 Å². The first-order chi connectivity index (χ1) is 30.2. The minimum atomic E-state index is -1.01. The zero-order valence-corrected chi connectivity index (χ0v) is 38.4. The van der Waals surface area contributed by atoms with Crippen molar-refractivity contribution in [2.75, 3.05) is 77.4 Å². The number of alkyl carbamates (subject to hydrolysis) is 3. The number of carbonyl (C=O) groups is 5. The summed E-state index contributed by atoms with van der Waals surface area (Å²) in [5, 5.41) is 19.6. The van der Waals surface area contributed by atoms with Crippen LogP contribution in [0.3, 0.4) is 0 Å². The zero-order chi connectivity index (χ0) is 45.1. The SMILES string of the molecule is CCCCCCCCCCNC(=O)OCC(CSCC(NC(=O)OCc1ccccc1)C(=O)NCCOCCOCCOCCC(=O)O)OC(=O)NCCCCCCCCCC. The van der Waals surface area contributed by atoms with Crippen LogP contribution < -0.4 is 21.3 Å². The Morgan fingerprint density at radius 1 is 0.581 bits per heavy atom. The second-order valence-corrected chi connectivity index (χ2v) is 16.1. The van der Waals surface area contributed by atoms with Crippen molar-refractivity contribution >= 4 is 41.9 Å². The number of aliphatic carboxylic acids is 1. The van der Waals surface area contributed by atoms with Crippen molar-refractivity contribution in [3.8, 4) is 0 Å². The average Bonchev–Trinajstić information content (AvgIpc) is 3.26. The van der Waals surface area contributed by atoms with Crippen molar-refractivity contribution < 1.29 is 57.5 Å². The standard InChI is InChI=1S/C45H78N4O12S/c1-3-5-7-9-11-13-15-20-25-47-43(53)60-35-39(61-44(54)48-26-21-16-14-12-10-8-6-4-2)36-62-37-40(49-45(55)59-34-38-22-18-17-19-23-38)42(52)46-27-29-57-31-33-58-32-30-56-28-24-41(50)51/h17-19,22-23,39-40H,3-16,20-21,24-37H2,1-2H3,(H,46,52)(H,47,53)(H,48,54)(H,49,55)(H,50,51). The number of rotatable bonds is 41. The second-order valence-electron chi connectivity index (χ2n) is 15.0. The van der Waals surface area contributed by atoms with Gasteiger partial charge in [0, 0.05) is 31.1 Å². The van der Waals surface area contributed by atoms with Crippen LogP contribution in [0, 0.1) is 0 Å². The van der Waals surface area contributed by atoms with E-state index in [2.05, 4.69) is 35.1 Å². The largest absolute Gasteiger partial charge is 0.481 e. The highest BCUT2D eigenvalue weighted by Crippen LogP contribution is 2.12. The van der Waals surface area contributed by atoms with Crippen LogP contribution >= 0.6 is 11.8 Å². The molecule has 0 aliphatic rings. The lowest BCUT2D eigenvalue weighted by Crippen LogP contribution is -2.49. The number of unbranched alkanes of at least 4 members (excludes halogenated alkanes) is 14. The molecule has 0 aliphatic heterocycles. The number of thioether (sulfide) groups is 1. The van der Waals surface area contributed by atoms with Crippen molar-refractivity contribution in [1.29, 1.82) is 0 Å². The van der Waals surface area contributed by atoms with Gasteiger partial charge in [0.25, 0.3) is 0 Å². The number of carboxylic acids is 1. The Hall–Kier alpha value is -3.80. The molecule has 16 nitrogen and oxygen atoms in total. The highest BCUT2D eigenvalue weighted by Gasteiger charge is 2.24. The van der Waals surface area contributed by atoms with Gasteiger partial charge in [-0.2, -0.15) is 11.8 Å². The van der Waals surface area contributed by atoms with Crippen LogP contribution in [-0.2, 0) is 44.6 Å². The predicted octanol–water partition coefficient (Wildman–Crippen LogP) is 7.76. The van der Waals surface area contributed by atoms with Gasteiger partial charge in [-0.1, -0.05) is 134 Å². The van der Waals surface area contributed by atoms with Gasteiger partial charge in [-0.25, -0.2) is 14.4 Å². The first-order valence-corrected chi connectivity index (χ1v) is 24.0. The lowest BCUT2D eigenvalue weighted by molar-refractivity contribution is -0.138. The topological polar surface area (TPSA) is 209 Å². The molecule has 1 aromatic rings. The van der Waals surface area contributed by atoms with Crippen molar-refractivity contribution in [1.82, 2.24) is 21.3 Å². The lowest BCUT2D eigenvalue weighted by Gasteiger charge is -2.21. The Morgan fingerprint density at radius 2 is 1.11 bits per heavy atom. The van der Waals surface area contributed by atoms with Crippen LogP contribution in [0.15, 0.2) is 30.3 Å². The molecule has 0 spiro atoms. The molecule has 1 aromatic carbocycles. The predicted molar refractivity (Wildman–Crippen MR) is 241 cm³/mol. The van der Waals surface area contributed by atoms with E-state index in [1.165, 1.54) is 76.0 Å². The summed E-state index contributed by atoms with van der Waals surface area (Å²) in [4.78, 5) is 62.1. The quantitative estimate of drug-likeness (QED) is 0.0315. The molecule has 356 valence electrons. The van der Waals surface area contributed by atoms with Crippen LogP contribution in [0.25, 0.3) is 0 Å². The summed E-state index contributed by atoms with van der Waals surface area (Å²) in [6, 6.07) is 8.14. The average molecular weight is 899 g/mol. The van der Waals surface area contributed by atoms with Crippen LogP contribution in [0.1, 0.15) is 129 Å². The third-order valence-corrected chi connectivity index (χ3v) is 10.6. The summed E-state index contributed by atoms with van der Waals surface area (Å²) in [7, 11) is 0. The summed E-state index contributed by atoms with van der Waals surface area (Å²) in [5.41, 5.74) is 0.785. The van der Waals surface area contributed by atoms with Gasteiger partial charge in [0.15, 0.2) is 0 Å². The normalized spacial score (nSPS) is 11.9. The number of benzene rings is 1. The van der Waals surface area contributed by atoms with E-state index < -0.39 is 42.3 Å². The summed E-state index contributed by atoms with van der Waals surface area (Å²) < 4.78 is 32.6. The minimum absolute atomic E-state index is 0.0148. The number of hydrogen-bond donors (Lipinski definition) is 5. The number of hydrogen-bond acceptors (Lipinski definition) is 12. The molecule has 0 fully saturated rings. The number of carboxylic acid groups (broad SMARTS) is 1. The van der Waals surface area contributed by atoms with E-state index in [0.717, 1.165) is 44.1 Å². The van der Waals surface area contributed by atoms with E-state index in [-0.39, 0.29) is 70.7 Å². The maximum Gasteiger partial charge on any atom is 0.408 e. The molecule has 1 rings (SSSR count). The van der Waals surface area contributed by atoms with Gasteiger partial charge in [0.2, 0.25) is 5.91 Å². The fraction of sp³-hybridized carbons (Fsp3) is 0.756. The van der Waals surface area contributed by atoms with Crippen LogP contribution in [0.4, 0.5) is 14.4 Å². The number of nitrogens with one attached hydrogen (secondary N) is 4. The molecular weight excluding hydrogens is 821 g/mol. The monoisotopic (exact) mass is 899 g/mol. The zero-order valence-electron chi connectivity index (χ0n) is 37.6. The van der Waals surface area contributed by atoms with Crippen molar-refractivity contribution in [2.24, 2.45) is 0 Å². The van der Waals surface area contributed by atoms with E-state index in [1.54, 1.807) is 0 Å². The smallest absolute Gasteiger partial charge is 0.408 e. The molecule has 2 atom stereocenters. The fourth-order valence-corrected chi connectivity index (χ4v) is 6.94. The van der Waals surface area contributed by atoms with Crippen LogP contribution in [-0.4, -0.2) is 125 Å². The Morgan fingerprint density at radius 3 is 1.69 bits per heavy atom. The van der Waals surface area contributed by atoms with E-state index in [0.29, 0.717) is 19.7 Å². The first-order valence-electron chi connectivity index (χ1n) is 22.9. The van der Waals surface area contributed by atoms with Gasteiger partial charge in [0.05, 0.1) is 46.1 Å². The highest BCUT2D eigenvalue weighted by molar-refractivity contribution is 7.99. The van der Waals surface area contributed by atoms with Crippen molar-refractivity contribution in [3.63, 3.8) is 0 Å². The van der Waals surface area contributed by atoms with Gasteiger partial charge in [0.1, 0.15) is 25.4 Å². The molecule has 62 heavy (non-hydrogen) atoms. The molecule has 5 N–H and O–H groups in total. The molecule has 17 heteroatoms. The van der Waals surface area contributed by atoms with Gasteiger partial charge in [-0.3, -0.25) is 9.59 Å². The molecule has 0 aromatic heterocycles. The summed E-state index contributed by atoms with van der Waals surface area (Å²) >= 11 is 1.25. The molecular formula is C45H78N4O12S. The van der Waals surface area contributed by atoms with E-state index >= 15 is 0 Å². The molecule has 4 amide bonds. The molecule has 0 saturated carbocycles. The first kappa shape index (κ1) is 56.2. The van der Waals surface area contributed by atoms with E-state index in [9.17, 15) is 24.0 Å². The maximum absolute atomic E-state index is 13.3. The van der Waals surface area contributed by atoms with Crippen LogP contribution in [0.2, 0.25) is 0 Å². The van der Waals surface area contributed by atoms with Gasteiger partial charge < -0.3 is 54.8 Å². The van der Waals surface area contributed by atoms with Gasteiger partial charge >= 0.3 is 24.2 Å². The molecule has 0 saturated heterocycles. The third-order valence-electron chi connectivity index (χ3n) is 9.43. The van der Waals surface area contributed by atoms with Crippen molar-refractivity contribution in [3.05, 3.63) is 35.9 Å². The summed E-state index contributed by atoms with van der Waals surface area (Å²) in [6.45, 7) is 6.75. The number of carbonyl (C=O) groups excluding carboxylic acids is 4. The third kappa shape index (κ3) is 35.8. The highest BCUT2D eigenvalue weighted by atomic mass is 32.2. The van der Waals surface area contributed by atoms with Gasteiger partial charge in [-0.15, -0.1) is 0 Å². The second kappa shape index (κ2) is 41.2. The van der Waals surface area contributed by atoms with E-state index in [4.69, 9.17) is 33.5 Å². The molecule has 0 radical (unpaired) electrons. The number of amides is 4. The Labute approximate surface area is 374 Å². The summed E-state index contributed by atoms with van der Waals surface area (Å²) in [5.74, 6) is -1.12. The van der Waals surface area contributed by atoms with Crippen molar-refractivity contribution in [2.45, 2.75) is 142 Å². The minimum Gasteiger partial charge on any atom is -0.481 e. The fourth-order valence-electron chi connectivity index (χ4n) is 5.91. The Balaban J connectivity index is 2.69. The molecule has 0 bridgehead atoms. The maximum atomic E-state index is 13.3. The Bertz CT molecular complexity index is 1280. The van der Waals surface area contributed by atoms with Gasteiger partial charge in [-0.05, 0) is 18.4 Å². The molecule has 2 unspecified atom stereocenters. The lowest BCUT2D eigenvalue weighted by atomic mass is 10.1. The molecule has 0 aliphatic carbocycles. The molecule has 0 heterocycles. The van der Waals surface area contributed by atoms with E-state index in [1.807, 2.05) is 30.3 Å². The summed E-state index contributed by atoms with van der Waals surface area (Å²) in [6.07, 6.45) is 15.4.